The largest absolute Gasteiger partial charge is 0.480 e. The van der Waals surface area contributed by atoms with E-state index in [4.69, 9.17) is 5.11 Å². The summed E-state index contributed by atoms with van der Waals surface area (Å²) < 4.78 is 0. The van der Waals surface area contributed by atoms with Gasteiger partial charge in [0, 0.05) is 0 Å². The van der Waals surface area contributed by atoms with Gasteiger partial charge in [0.15, 0.2) is 5.34 Å². The van der Waals surface area contributed by atoms with Gasteiger partial charge in [-0.25, -0.2) is 0 Å². The topological polar surface area (TPSA) is 76.0 Å². The van der Waals surface area contributed by atoms with Crippen molar-refractivity contribution >= 4 is 18.6 Å². The van der Waals surface area contributed by atoms with Gasteiger partial charge in [-0.2, -0.15) is 12.6 Å². The van der Waals surface area contributed by atoms with E-state index in [1.165, 1.54) is 19.3 Å². The summed E-state index contributed by atoms with van der Waals surface area (Å²) in [5.74, 6) is -0.842. The zero-order valence-corrected chi connectivity index (χ0v) is 12.4. The number of thiol groups is 1. The maximum atomic E-state index is 9.85. The number of carboxylic acids is 1. The molecule has 0 saturated heterocycles. The number of aliphatic carboxylic acids is 1. The maximum absolute atomic E-state index is 9.85. The Balaban J connectivity index is 0. The number of hydrogen-bond donors (Lipinski definition) is 2. The molecule has 0 bridgehead atoms. The Bertz CT molecular complexity index is 214. The molecule has 108 valence electrons. The van der Waals surface area contributed by atoms with Gasteiger partial charge in [-0.05, 0) is 26.2 Å². The Labute approximate surface area is 115 Å². The van der Waals surface area contributed by atoms with Crippen LogP contribution in [0.5, 0.6) is 0 Å². The highest BCUT2D eigenvalue weighted by atomic mass is 32.1. The summed E-state index contributed by atoms with van der Waals surface area (Å²) >= 11 is 3.73. The van der Waals surface area contributed by atoms with Crippen LogP contribution < -0.4 is 0 Å². The third-order valence-electron chi connectivity index (χ3n) is 2.36. The average molecular weight is 279 g/mol. The number of unbranched alkanes of at least 4 members (excludes halogenated alkanes) is 3. The zero-order chi connectivity index (χ0) is 14.4. The van der Waals surface area contributed by atoms with Crippen LogP contribution in [0.2, 0.25) is 0 Å². The fraction of sp³-hybridized carbons (Fsp3) is 0.917. The second-order valence-corrected chi connectivity index (χ2v) is 4.73. The molecule has 0 aromatic rings. The van der Waals surface area contributed by atoms with Crippen LogP contribution in [-0.2, 0) is 9.63 Å². The number of nitrogens with zero attached hydrogens (tertiary/aromatic N) is 1. The van der Waals surface area contributed by atoms with Crippen LogP contribution in [0.15, 0.2) is 5.34 Å². The van der Waals surface area contributed by atoms with E-state index in [-0.39, 0.29) is 6.10 Å². The van der Waals surface area contributed by atoms with Crippen molar-refractivity contribution in [2.24, 2.45) is 5.34 Å². The standard InChI is InChI=1S/C8H17NO2.C4H8O2S/c1-3-4-5-6-7-8(2)11-9-10;1-2-3(7)4(5)6/h8H,3-7H2,1-2H3;3,7H,2H2,1H3,(H,5,6). The summed E-state index contributed by atoms with van der Waals surface area (Å²) in [6.45, 7) is 5.83. The van der Waals surface area contributed by atoms with Crippen LogP contribution in [0.3, 0.4) is 0 Å². The summed E-state index contributed by atoms with van der Waals surface area (Å²) in [4.78, 5) is 24.0. The first-order chi connectivity index (χ1) is 8.49. The van der Waals surface area contributed by atoms with Crippen LogP contribution >= 0.6 is 12.6 Å². The molecule has 6 heteroatoms. The van der Waals surface area contributed by atoms with Crippen LogP contribution in [-0.4, -0.2) is 22.4 Å². The van der Waals surface area contributed by atoms with E-state index in [1.807, 2.05) is 6.92 Å². The molecule has 0 aromatic heterocycles. The first-order valence-corrected chi connectivity index (χ1v) is 6.90. The van der Waals surface area contributed by atoms with E-state index in [0.717, 1.165) is 12.8 Å². The lowest BCUT2D eigenvalue weighted by atomic mass is 10.1. The van der Waals surface area contributed by atoms with Gasteiger partial charge in [-0.1, -0.05) is 33.1 Å². The van der Waals surface area contributed by atoms with Crippen molar-refractivity contribution in [3.8, 4) is 0 Å². The minimum Gasteiger partial charge on any atom is -0.480 e. The third-order valence-corrected chi connectivity index (χ3v) is 2.94. The van der Waals surface area contributed by atoms with Crippen molar-refractivity contribution < 1.29 is 14.7 Å². The highest BCUT2D eigenvalue weighted by molar-refractivity contribution is 7.81. The van der Waals surface area contributed by atoms with Crippen molar-refractivity contribution in [1.29, 1.82) is 0 Å². The smallest absolute Gasteiger partial charge is 0.316 e. The monoisotopic (exact) mass is 279 g/mol. The van der Waals surface area contributed by atoms with Gasteiger partial charge in [0.25, 0.3) is 0 Å². The molecule has 0 saturated carbocycles. The van der Waals surface area contributed by atoms with Gasteiger partial charge in [0.05, 0.1) is 5.25 Å². The Morgan fingerprint density at radius 2 is 1.94 bits per heavy atom. The molecule has 0 fully saturated rings. The second-order valence-electron chi connectivity index (χ2n) is 4.10. The summed E-state index contributed by atoms with van der Waals surface area (Å²) in [5, 5.41) is 10.0. The highest BCUT2D eigenvalue weighted by Gasteiger charge is 2.06. The molecule has 0 amide bonds. The van der Waals surface area contributed by atoms with E-state index in [1.54, 1.807) is 6.92 Å². The Hall–Kier alpha value is -0.780. The van der Waals surface area contributed by atoms with E-state index in [9.17, 15) is 9.70 Å². The molecule has 5 nitrogen and oxygen atoms in total. The van der Waals surface area contributed by atoms with Gasteiger partial charge in [0.2, 0.25) is 0 Å². The molecule has 2 unspecified atom stereocenters. The molecular weight excluding hydrogens is 254 g/mol. The normalized spacial score (nSPS) is 12.9. The fourth-order valence-electron chi connectivity index (χ4n) is 1.16. The summed E-state index contributed by atoms with van der Waals surface area (Å²) in [7, 11) is 0. The van der Waals surface area contributed by atoms with Crippen LogP contribution in [0.4, 0.5) is 0 Å². The van der Waals surface area contributed by atoms with Gasteiger partial charge < -0.3 is 9.94 Å². The quantitative estimate of drug-likeness (QED) is 0.291. The summed E-state index contributed by atoms with van der Waals surface area (Å²) in [6.07, 6.45) is 6.37. The minimum atomic E-state index is -0.842. The highest BCUT2D eigenvalue weighted by Crippen LogP contribution is 2.07. The van der Waals surface area contributed by atoms with Gasteiger partial charge in [-0.3, -0.25) is 4.79 Å². The molecule has 1 N–H and O–H groups in total. The molecule has 0 aliphatic carbocycles. The van der Waals surface area contributed by atoms with E-state index in [2.05, 4.69) is 29.7 Å². The number of hydrogen-bond acceptors (Lipinski definition) is 5. The van der Waals surface area contributed by atoms with Crippen molar-refractivity contribution in [2.45, 2.75) is 70.7 Å². The number of carboxylic acid groups (broad SMARTS) is 1. The molecule has 0 rings (SSSR count). The first kappa shape index (κ1) is 19.6. The first-order valence-electron chi connectivity index (χ1n) is 6.38. The average Bonchev–Trinajstić information content (AvgIpc) is 2.34. The molecule has 0 aliphatic heterocycles. The molecule has 0 radical (unpaired) electrons. The van der Waals surface area contributed by atoms with Crippen LogP contribution in [0.1, 0.15) is 59.3 Å². The Kier molecular flexibility index (Phi) is 15.5. The molecule has 18 heavy (non-hydrogen) atoms. The van der Waals surface area contributed by atoms with Crippen LogP contribution in [0, 0.1) is 4.91 Å². The van der Waals surface area contributed by atoms with Crippen molar-refractivity contribution in [3.63, 3.8) is 0 Å². The number of rotatable bonds is 9. The zero-order valence-electron chi connectivity index (χ0n) is 11.5. The molecule has 0 spiro atoms. The number of carbonyl (C=O) groups is 1. The predicted octanol–water partition coefficient (Wildman–Crippen LogP) is 3.82. The minimum absolute atomic E-state index is 0.00986. The fourth-order valence-corrected chi connectivity index (χ4v) is 1.16. The molecule has 0 heterocycles. The lowest BCUT2D eigenvalue weighted by molar-refractivity contribution is -0.136. The summed E-state index contributed by atoms with van der Waals surface area (Å²) in [5.41, 5.74) is 0. The van der Waals surface area contributed by atoms with Crippen molar-refractivity contribution in [1.82, 2.24) is 0 Å². The Morgan fingerprint density at radius 1 is 1.33 bits per heavy atom. The van der Waals surface area contributed by atoms with Crippen LogP contribution in [0.25, 0.3) is 0 Å². The molecule has 0 aromatic carbocycles. The Morgan fingerprint density at radius 3 is 2.28 bits per heavy atom. The van der Waals surface area contributed by atoms with Gasteiger partial charge >= 0.3 is 5.97 Å². The third kappa shape index (κ3) is 15.2. The SMILES string of the molecule is CCC(S)C(=O)O.CCCCCCC(C)ON=O. The summed E-state index contributed by atoms with van der Waals surface area (Å²) in [6, 6.07) is 0. The lowest BCUT2D eigenvalue weighted by Gasteiger charge is -2.05. The molecule has 0 aliphatic rings. The van der Waals surface area contributed by atoms with E-state index >= 15 is 0 Å². The van der Waals surface area contributed by atoms with Gasteiger partial charge in [0.1, 0.15) is 6.10 Å². The van der Waals surface area contributed by atoms with Crippen molar-refractivity contribution in [3.05, 3.63) is 4.91 Å². The predicted molar refractivity (Wildman–Crippen MR) is 75.8 cm³/mol. The van der Waals surface area contributed by atoms with E-state index in [0.29, 0.717) is 6.42 Å². The van der Waals surface area contributed by atoms with Gasteiger partial charge in [-0.15, -0.1) is 4.91 Å². The van der Waals surface area contributed by atoms with E-state index < -0.39 is 11.2 Å². The second kappa shape index (κ2) is 14.3. The molecule has 2 atom stereocenters. The lowest BCUT2D eigenvalue weighted by Crippen LogP contribution is -2.10. The molecular formula is C12H25NO4S. The maximum Gasteiger partial charge on any atom is 0.316 e. The van der Waals surface area contributed by atoms with Crippen molar-refractivity contribution in [2.75, 3.05) is 0 Å².